The van der Waals surface area contributed by atoms with Crippen LogP contribution in [0.5, 0.6) is 5.75 Å². The first kappa shape index (κ1) is 13.7. The summed E-state index contributed by atoms with van der Waals surface area (Å²) < 4.78 is 0. The molecule has 100 valence electrons. The lowest BCUT2D eigenvalue weighted by molar-refractivity contribution is 0.476. The summed E-state index contributed by atoms with van der Waals surface area (Å²) in [6, 6.07) is 12.4. The Kier molecular flexibility index (Phi) is 4.26. The van der Waals surface area contributed by atoms with Crippen molar-refractivity contribution in [1.29, 1.82) is 0 Å². The van der Waals surface area contributed by atoms with Gasteiger partial charge >= 0.3 is 0 Å². The van der Waals surface area contributed by atoms with Crippen LogP contribution < -0.4 is 0 Å². The quantitative estimate of drug-likeness (QED) is 0.835. The maximum Gasteiger partial charge on any atom is 0.123 e. The molecule has 0 radical (unpaired) electrons. The molecule has 2 aromatic rings. The van der Waals surface area contributed by atoms with Crippen molar-refractivity contribution >= 4 is 0 Å². The third kappa shape index (κ3) is 2.65. The van der Waals surface area contributed by atoms with Crippen molar-refractivity contribution in [2.24, 2.45) is 0 Å². The van der Waals surface area contributed by atoms with Crippen molar-refractivity contribution in [2.75, 3.05) is 0 Å². The van der Waals surface area contributed by atoms with Crippen molar-refractivity contribution in [3.8, 4) is 16.9 Å². The molecule has 0 saturated heterocycles. The number of benzene rings is 2. The second-order valence-corrected chi connectivity index (χ2v) is 4.86. The fourth-order valence-electron chi connectivity index (χ4n) is 2.60. The molecule has 1 heteroatoms. The van der Waals surface area contributed by atoms with Gasteiger partial charge < -0.3 is 5.11 Å². The molecule has 0 bridgehead atoms. The molecule has 0 aliphatic heterocycles. The van der Waals surface area contributed by atoms with Crippen LogP contribution >= 0.6 is 0 Å². The van der Waals surface area contributed by atoms with E-state index in [1.54, 1.807) is 6.07 Å². The third-order valence-corrected chi connectivity index (χ3v) is 3.74. The topological polar surface area (TPSA) is 20.2 Å². The van der Waals surface area contributed by atoms with Gasteiger partial charge in [0.05, 0.1) is 0 Å². The summed E-state index contributed by atoms with van der Waals surface area (Å²) in [6.07, 6.45) is 2.97. The van der Waals surface area contributed by atoms with Gasteiger partial charge in [0.25, 0.3) is 0 Å². The highest BCUT2D eigenvalue weighted by Gasteiger charge is 2.12. The van der Waals surface area contributed by atoms with Gasteiger partial charge in [-0.3, -0.25) is 0 Å². The molecule has 0 atom stereocenters. The van der Waals surface area contributed by atoms with Gasteiger partial charge in [0.15, 0.2) is 0 Å². The predicted octanol–water partition coefficient (Wildman–Crippen LogP) is 4.75. The van der Waals surface area contributed by atoms with Crippen LogP contribution in [0.4, 0.5) is 0 Å². The van der Waals surface area contributed by atoms with Gasteiger partial charge in [-0.25, -0.2) is 0 Å². The fraction of sp³-hybridized carbons (Fsp3) is 0.333. The summed E-state index contributed by atoms with van der Waals surface area (Å²) in [7, 11) is 0. The number of hydrogen-bond donors (Lipinski definition) is 1. The van der Waals surface area contributed by atoms with Gasteiger partial charge in [-0.2, -0.15) is 0 Å². The zero-order chi connectivity index (χ0) is 13.8. The number of hydrogen-bond acceptors (Lipinski definition) is 1. The molecule has 2 rings (SSSR count). The molecule has 19 heavy (non-hydrogen) atoms. The molecule has 1 N–H and O–H groups in total. The molecule has 0 aromatic heterocycles. The molecule has 0 aliphatic rings. The van der Waals surface area contributed by atoms with Gasteiger partial charge in [-0.1, -0.05) is 51.1 Å². The second-order valence-electron chi connectivity index (χ2n) is 4.86. The Balaban J connectivity index is 2.65. The summed E-state index contributed by atoms with van der Waals surface area (Å²) in [5.74, 6) is 0.387. The fourth-order valence-corrected chi connectivity index (χ4v) is 2.60. The SMILES string of the molecule is CCc1ccc(-c2c(O)cccc2CC)c(CC)c1. The minimum absolute atomic E-state index is 0.387. The van der Waals surface area contributed by atoms with Gasteiger partial charge in [0.2, 0.25) is 0 Å². The molecule has 0 heterocycles. The Labute approximate surface area is 115 Å². The lowest BCUT2D eigenvalue weighted by atomic mass is 9.91. The van der Waals surface area contributed by atoms with E-state index in [0.29, 0.717) is 5.75 Å². The molecule has 0 spiro atoms. The molecule has 0 saturated carbocycles. The van der Waals surface area contributed by atoms with Crippen molar-refractivity contribution in [3.63, 3.8) is 0 Å². The monoisotopic (exact) mass is 254 g/mol. The standard InChI is InChI=1S/C18H22O/c1-4-13-10-11-16(15(6-3)12-13)18-14(5-2)8-7-9-17(18)19/h7-12,19H,4-6H2,1-3H3. The first-order valence-corrected chi connectivity index (χ1v) is 7.14. The molecule has 0 fully saturated rings. The number of phenols is 1. The Morgan fingerprint density at radius 3 is 2.21 bits per heavy atom. The van der Waals surface area contributed by atoms with Crippen molar-refractivity contribution in [1.82, 2.24) is 0 Å². The zero-order valence-corrected chi connectivity index (χ0v) is 12.0. The Hall–Kier alpha value is -1.76. The summed E-state index contributed by atoms with van der Waals surface area (Å²) in [4.78, 5) is 0. The average molecular weight is 254 g/mol. The van der Waals surface area contributed by atoms with Gasteiger partial charge in [-0.05, 0) is 47.6 Å². The van der Waals surface area contributed by atoms with Crippen LogP contribution in [0, 0.1) is 0 Å². The van der Waals surface area contributed by atoms with Gasteiger partial charge in [0.1, 0.15) is 5.75 Å². The van der Waals surface area contributed by atoms with Crippen LogP contribution in [0.15, 0.2) is 36.4 Å². The highest BCUT2D eigenvalue weighted by molar-refractivity contribution is 5.76. The van der Waals surface area contributed by atoms with E-state index in [0.717, 1.165) is 24.8 Å². The molecule has 1 nitrogen and oxygen atoms in total. The molecule has 0 unspecified atom stereocenters. The van der Waals surface area contributed by atoms with E-state index in [1.165, 1.54) is 22.3 Å². The minimum Gasteiger partial charge on any atom is -0.507 e. The molecular formula is C18H22O. The van der Waals surface area contributed by atoms with Crippen LogP contribution in [-0.2, 0) is 19.3 Å². The number of phenolic OH excluding ortho intramolecular Hbond substituents is 1. The highest BCUT2D eigenvalue weighted by Crippen LogP contribution is 2.35. The Morgan fingerprint density at radius 2 is 1.58 bits per heavy atom. The van der Waals surface area contributed by atoms with Crippen molar-refractivity contribution in [2.45, 2.75) is 40.0 Å². The van der Waals surface area contributed by atoms with E-state index < -0.39 is 0 Å². The average Bonchev–Trinajstić information content (AvgIpc) is 2.46. The maximum atomic E-state index is 10.2. The molecule has 2 aromatic carbocycles. The van der Waals surface area contributed by atoms with E-state index in [1.807, 2.05) is 6.07 Å². The highest BCUT2D eigenvalue weighted by atomic mass is 16.3. The number of aromatic hydroxyl groups is 1. The van der Waals surface area contributed by atoms with Crippen LogP contribution in [0.25, 0.3) is 11.1 Å². The molecule has 0 amide bonds. The van der Waals surface area contributed by atoms with Gasteiger partial charge in [0, 0.05) is 5.56 Å². The molecular weight excluding hydrogens is 232 g/mol. The smallest absolute Gasteiger partial charge is 0.123 e. The van der Waals surface area contributed by atoms with Crippen molar-refractivity contribution < 1.29 is 5.11 Å². The normalized spacial score (nSPS) is 10.7. The maximum absolute atomic E-state index is 10.2. The third-order valence-electron chi connectivity index (χ3n) is 3.74. The first-order valence-electron chi connectivity index (χ1n) is 7.14. The number of rotatable bonds is 4. The van der Waals surface area contributed by atoms with Crippen LogP contribution in [-0.4, -0.2) is 5.11 Å². The Bertz CT molecular complexity index is 570. The largest absolute Gasteiger partial charge is 0.507 e. The Morgan fingerprint density at radius 1 is 0.842 bits per heavy atom. The zero-order valence-electron chi connectivity index (χ0n) is 12.0. The van der Waals surface area contributed by atoms with E-state index in [2.05, 4.69) is 45.0 Å². The lowest BCUT2D eigenvalue weighted by Crippen LogP contribution is -1.95. The summed E-state index contributed by atoms with van der Waals surface area (Å²) in [5, 5.41) is 10.2. The van der Waals surface area contributed by atoms with E-state index in [-0.39, 0.29) is 0 Å². The lowest BCUT2D eigenvalue weighted by Gasteiger charge is -2.15. The minimum atomic E-state index is 0.387. The van der Waals surface area contributed by atoms with E-state index in [9.17, 15) is 5.11 Å². The molecule has 0 aliphatic carbocycles. The van der Waals surface area contributed by atoms with Crippen LogP contribution in [0.1, 0.15) is 37.5 Å². The van der Waals surface area contributed by atoms with Crippen LogP contribution in [0.3, 0.4) is 0 Å². The number of aryl methyl sites for hydroxylation is 3. The van der Waals surface area contributed by atoms with Crippen LogP contribution in [0.2, 0.25) is 0 Å². The summed E-state index contributed by atoms with van der Waals surface area (Å²) in [6.45, 7) is 6.47. The summed E-state index contributed by atoms with van der Waals surface area (Å²) >= 11 is 0. The first-order chi connectivity index (χ1) is 9.21. The predicted molar refractivity (Wildman–Crippen MR) is 81.7 cm³/mol. The van der Waals surface area contributed by atoms with E-state index in [4.69, 9.17) is 0 Å². The van der Waals surface area contributed by atoms with Gasteiger partial charge in [-0.15, -0.1) is 0 Å². The van der Waals surface area contributed by atoms with E-state index >= 15 is 0 Å². The summed E-state index contributed by atoms with van der Waals surface area (Å²) in [5.41, 5.74) is 6.06. The second kappa shape index (κ2) is 5.92. The van der Waals surface area contributed by atoms with Crippen molar-refractivity contribution in [3.05, 3.63) is 53.1 Å².